The summed E-state index contributed by atoms with van der Waals surface area (Å²) < 4.78 is 7.92. The first-order valence-corrected chi connectivity index (χ1v) is 5.11. The van der Waals surface area contributed by atoms with Crippen molar-refractivity contribution in [3.63, 3.8) is 0 Å². The van der Waals surface area contributed by atoms with Crippen molar-refractivity contribution in [2.45, 2.75) is 20.3 Å². The number of hydrogen-bond acceptors (Lipinski definition) is 2. The van der Waals surface area contributed by atoms with Crippen LogP contribution in [0.25, 0.3) is 0 Å². The Morgan fingerprint density at radius 1 is 1.54 bits per heavy atom. The van der Waals surface area contributed by atoms with Gasteiger partial charge in [0.1, 0.15) is 4.47 Å². The van der Waals surface area contributed by atoms with E-state index in [9.17, 15) is 0 Å². The van der Waals surface area contributed by atoms with Gasteiger partial charge in [0.15, 0.2) is 0 Å². The van der Waals surface area contributed by atoms with E-state index in [1.807, 2.05) is 7.05 Å². The van der Waals surface area contributed by atoms with E-state index in [0.29, 0.717) is 5.92 Å². The van der Waals surface area contributed by atoms with Crippen LogP contribution in [-0.2, 0) is 13.5 Å². The molecular weight excluding hydrogens is 232 g/mol. The molecule has 0 aliphatic rings. The molecule has 1 rings (SSSR count). The van der Waals surface area contributed by atoms with Gasteiger partial charge in [-0.25, -0.2) is 4.68 Å². The number of rotatable bonds is 3. The van der Waals surface area contributed by atoms with Gasteiger partial charge in [-0.15, -0.1) is 0 Å². The lowest BCUT2D eigenvalue weighted by atomic mass is 10.1. The average molecular weight is 247 g/mol. The molecule has 0 atom stereocenters. The molecule has 1 heterocycles. The standard InChI is InChI=1S/C9H15BrN2O/c1-6(2)5-7-8(10)9(13-4)12(3)11-7/h6H,5H2,1-4H3. The van der Waals surface area contributed by atoms with E-state index in [1.165, 1.54) is 0 Å². The van der Waals surface area contributed by atoms with Gasteiger partial charge in [0.2, 0.25) is 5.88 Å². The minimum absolute atomic E-state index is 0.607. The molecule has 0 saturated carbocycles. The van der Waals surface area contributed by atoms with Crippen molar-refractivity contribution in [2.24, 2.45) is 13.0 Å². The van der Waals surface area contributed by atoms with Crippen molar-refractivity contribution >= 4 is 15.9 Å². The van der Waals surface area contributed by atoms with E-state index < -0.39 is 0 Å². The zero-order valence-corrected chi connectivity index (χ0v) is 10.1. The van der Waals surface area contributed by atoms with E-state index in [4.69, 9.17) is 4.74 Å². The lowest BCUT2D eigenvalue weighted by Crippen LogP contribution is -1.97. The summed E-state index contributed by atoms with van der Waals surface area (Å²) >= 11 is 3.48. The summed E-state index contributed by atoms with van der Waals surface area (Å²) in [7, 11) is 3.54. The SMILES string of the molecule is COc1c(Br)c(CC(C)C)nn1C. The largest absolute Gasteiger partial charge is 0.480 e. The Morgan fingerprint density at radius 2 is 2.15 bits per heavy atom. The molecule has 13 heavy (non-hydrogen) atoms. The molecule has 0 aliphatic heterocycles. The molecule has 0 radical (unpaired) electrons. The molecule has 4 heteroatoms. The number of nitrogens with zero attached hydrogens (tertiary/aromatic N) is 2. The van der Waals surface area contributed by atoms with E-state index in [0.717, 1.165) is 22.5 Å². The minimum Gasteiger partial charge on any atom is -0.480 e. The van der Waals surface area contributed by atoms with Crippen molar-refractivity contribution in [2.75, 3.05) is 7.11 Å². The van der Waals surface area contributed by atoms with Gasteiger partial charge in [0, 0.05) is 7.05 Å². The van der Waals surface area contributed by atoms with E-state index in [-0.39, 0.29) is 0 Å². The van der Waals surface area contributed by atoms with E-state index >= 15 is 0 Å². The first-order valence-electron chi connectivity index (χ1n) is 4.31. The first kappa shape index (κ1) is 10.6. The number of halogens is 1. The summed E-state index contributed by atoms with van der Waals surface area (Å²) in [6.07, 6.45) is 0.970. The van der Waals surface area contributed by atoms with Crippen LogP contribution in [0.15, 0.2) is 4.47 Å². The van der Waals surface area contributed by atoms with Crippen LogP contribution in [0.1, 0.15) is 19.5 Å². The highest BCUT2D eigenvalue weighted by Crippen LogP contribution is 2.28. The molecule has 0 spiro atoms. The molecule has 0 N–H and O–H groups in total. The number of methoxy groups -OCH3 is 1. The third-order valence-electron chi connectivity index (χ3n) is 1.80. The monoisotopic (exact) mass is 246 g/mol. The van der Waals surface area contributed by atoms with Gasteiger partial charge in [-0.05, 0) is 28.3 Å². The molecule has 3 nitrogen and oxygen atoms in total. The summed E-state index contributed by atoms with van der Waals surface area (Å²) in [5.41, 5.74) is 1.06. The molecule has 1 aromatic heterocycles. The normalized spacial score (nSPS) is 10.9. The van der Waals surface area contributed by atoms with Crippen LogP contribution in [0.4, 0.5) is 0 Å². The second-order valence-corrected chi connectivity index (χ2v) is 4.28. The number of aryl methyl sites for hydroxylation is 1. The minimum atomic E-state index is 0.607. The molecule has 0 fully saturated rings. The lowest BCUT2D eigenvalue weighted by Gasteiger charge is -2.00. The van der Waals surface area contributed by atoms with Crippen molar-refractivity contribution in [3.8, 4) is 5.88 Å². The second kappa shape index (κ2) is 4.13. The summed E-state index contributed by atoms with van der Waals surface area (Å²) in [6.45, 7) is 4.35. The van der Waals surface area contributed by atoms with Gasteiger partial charge >= 0.3 is 0 Å². The maximum atomic E-state index is 5.19. The predicted octanol–water partition coefficient (Wildman–Crippen LogP) is 2.39. The van der Waals surface area contributed by atoms with Crippen molar-refractivity contribution in [3.05, 3.63) is 10.2 Å². The Bertz CT molecular complexity index is 294. The summed E-state index contributed by atoms with van der Waals surface area (Å²) in [4.78, 5) is 0. The lowest BCUT2D eigenvalue weighted by molar-refractivity contribution is 0.371. The summed E-state index contributed by atoms with van der Waals surface area (Å²) in [5.74, 6) is 1.39. The zero-order chi connectivity index (χ0) is 10.0. The van der Waals surface area contributed by atoms with Crippen LogP contribution in [-0.4, -0.2) is 16.9 Å². The second-order valence-electron chi connectivity index (χ2n) is 3.49. The Morgan fingerprint density at radius 3 is 2.54 bits per heavy atom. The maximum absolute atomic E-state index is 5.19. The van der Waals surface area contributed by atoms with Crippen LogP contribution in [0.3, 0.4) is 0 Å². The fourth-order valence-electron chi connectivity index (χ4n) is 1.27. The van der Waals surface area contributed by atoms with Crippen LogP contribution in [0.5, 0.6) is 5.88 Å². The van der Waals surface area contributed by atoms with Crippen molar-refractivity contribution in [1.29, 1.82) is 0 Å². The average Bonchev–Trinajstić information content (AvgIpc) is 2.26. The summed E-state index contributed by atoms with van der Waals surface area (Å²) in [5, 5.41) is 4.37. The Balaban J connectivity index is 2.96. The van der Waals surface area contributed by atoms with Crippen LogP contribution < -0.4 is 4.74 Å². The van der Waals surface area contributed by atoms with Crippen LogP contribution in [0, 0.1) is 5.92 Å². The fourth-order valence-corrected chi connectivity index (χ4v) is 1.93. The van der Waals surface area contributed by atoms with Gasteiger partial charge in [-0.2, -0.15) is 5.10 Å². The van der Waals surface area contributed by atoms with Gasteiger partial charge in [-0.1, -0.05) is 13.8 Å². The van der Waals surface area contributed by atoms with Crippen LogP contribution >= 0.6 is 15.9 Å². The molecule has 0 amide bonds. The third-order valence-corrected chi connectivity index (χ3v) is 2.60. The molecule has 0 unspecified atom stereocenters. The van der Waals surface area contributed by atoms with Gasteiger partial charge in [0.05, 0.1) is 12.8 Å². The fraction of sp³-hybridized carbons (Fsp3) is 0.667. The Kier molecular flexibility index (Phi) is 3.36. The predicted molar refractivity (Wildman–Crippen MR) is 56.0 cm³/mol. The number of hydrogen-bond donors (Lipinski definition) is 0. The molecule has 74 valence electrons. The highest BCUT2D eigenvalue weighted by atomic mass is 79.9. The number of aromatic nitrogens is 2. The number of ether oxygens (including phenoxy) is 1. The Labute approximate surface area is 87.2 Å². The highest BCUT2D eigenvalue weighted by molar-refractivity contribution is 9.10. The molecule has 0 aliphatic carbocycles. The van der Waals surface area contributed by atoms with Gasteiger partial charge in [-0.3, -0.25) is 0 Å². The molecule has 0 aromatic carbocycles. The molecule has 1 aromatic rings. The Hall–Kier alpha value is -0.510. The highest BCUT2D eigenvalue weighted by Gasteiger charge is 2.14. The molecule has 0 bridgehead atoms. The molecule has 0 saturated heterocycles. The summed E-state index contributed by atoms with van der Waals surface area (Å²) in [6, 6.07) is 0. The third kappa shape index (κ3) is 2.24. The van der Waals surface area contributed by atoms with Crippen molar-refractivity contribution in [1.82, 2.24) is 9.78 Å². The topological polar surface area (TPSA) is 27.1 Å². The van der Waals surface area contributed by atoms with E-state index in [2.05, 4.69) is 34.9 Å². The van der Waals surface area contributed by atoms with Gasteiger partial charge < -0.3 is 4.74 Å². The quantitative estimate of drug-likeness (QED) is 0.820. The zero-order valence-electron chi connectivity index (χ0n) is 8.47. The van der Waals surface area contributed by atoms with Crippen molar-refractivity contribution < 1.29 is 4.74 Å². The smallest absolute Gasteiger partial charge is 0.226 e. The van der Waals surface area contributed by atoms with Crippen LogP contribution in [0.2, 0.25) is 0 Å². The van der Waals surface area contributed by atoms with E-state index in [1.54, 1.807) is 11.8 Å². The first-order chi connectivity index (χ1) is 6.06. The molecular formula is C9H15BrN2O. The maximum Gasteiger partial charge on any atom is 0.226 e. The van der Waals surface area contributed by atoms with Gasteiger partial charge in [0.25, 0.3) is 0 Å².